The Labute approximate surface area is 121 Å². The lowest BCUT2D eigenvalue weighted by atomic mass is 10.1. The van der Waals surface area contributed by atoms with E-state index in [9.17, 15) is 23.1 Å². The van der Waals surface area contributed by atoms with E-state index in [4.69, 9.17) is 10.2 Å². The molecule has 0 radical (unpaired) electrons. The summed E-state index contributed by atoms with van der Waals surface area (Å²) in [4.78, 5) is 21.6. The highest BCUT2D eigenvalue weighted by Crippen LogP contribution is 2.19. The molecular formula is C12H15NO7S. The summed E-state index contributed by atoms with van der Waals surface area (Å²) in [6, 6.07) is 1.90. The zero-order valence-corrected chi connectivity index (χ0v) is 12.1. The Morgan fingerprint density at radius 2 is 1.81 bits per heavy atom. The van der Waals surface area contributed by atoms with E-state index in [1.807, 2.05) is 4.72 Å². The minimum Gasteiger partial charge on any atom is -0.480 e. The average Bonchev–Trinajstić information content (AvgIpc) is 2.35. The molecule has 116 valence electrons. The first-order chi connectivity index (χ1) is 9.58. The Morgan fingerprint density at radius 3 is 2.24 bits per heavy atom. The number of hydrogen-bond donors (Lipinski definition) is 4. The van der Waals surface area contributed by atoms with Crippen LogP contribution in [0.1, 0.15) is 22.8 Å². The Balaban J connectivity index is 3.29. The molecule has 0 aliphatic heterocycles. The molecule has 1 rings (SSSR count). The van der Waals surface area contributed by atoms with Crippen molar-refractivity contribution in [2.24, 2.45) is 0 Å². The molecule has 0 bridgehead atoms. The molecule has 0 saturated carbocycles. The number of carboxylic acids is 2. The molecule has 4 N–H and O–H groups in total. The average molecular weight is 317 g/mol. The molecule has 9 heteroatoms. The maximum Gasteiger partial charge on any atom is 0.335 e. The van der Waals surface area contributed by atoms with Crippen molar-refractivity contribution in [1.82, 2.24) is 4.72 Å². The van der Waals surface area contributed by atoms with Crippen molar-refractivity contribution in [1.29, 1.82) is 0 Å². The van der Waals surface area contributed by atoms with E-state index >= 15 is 0 Å². The van der Waals surface area contributed by atoms with Crippen molar-refractivity contribution in [3.8, 4) is 0 Å². The fraction of sp³-hybridized carbons (Fsp3) is 0.333. The summed E-state index contributed by atoms with van der Waals surface area (Å²) in [6.07, 6.45) is -1.46. The first-order valence-corrected chi connectivity index (χ1v) is 7.32. The second-order valence-electron chi connectivity index (χ2n) is 4.41. The summed E-state index contributed by atoms with van der Waals surface area (Å²) in [7, 11) is -4.29. The molecule has 2 atom stereocenters. The van der Waals surface area contributed by atoms with Crippen LogP contribution in [0, 0.1) is 6.92 Å². The number of aromatic carboxylic acids is 1. The van der Waals surface area contributed by atoms with Gasteiger partial charge in [0.25, 0.3) is 0 Å². The summed E-state index contributed by atoms with van der Waals surface area (Å²) >= 11 is 0. The summed E-state index contributed by atoms with van der Waals surface area (Å²) in [5, 5.41) is 27.2. The van der Waals surface area contributed by atoms with Gasteiger partial charge in [-0.2, -0.15) is 4.72 Å². The van der Waals surface area contributed by atoms with Gasteiger partial charge in [-0.1, -0.05) is 6.07 Å². The van der Waals surface area contributed by atoms with Crippen LogP contribution in [0.15, 0.2) is 23.1 Å². The lowest BCUT2D eigenvalue weighted by Gasteiger charge is -2.18. The Bertz CT molecular complexity index is 666. The number of carboxylic acid groups (broad SMARTS) is 2. The second-order valence-corrected chi connectivity index (χ2v) is 6.09. The number of aliphatic hydroxyl groups excluding tert-OH is 1. The summed E-state index contributed by atoms with van der Waals surface area (Å²) in [6.45, 7) is 2.43. The monoisotopic (exact) mass is 317 g/mol. The third-order valence-electron chi connectivity index (χ3n) is 2.83. The number of nitrogens with one attached hydrogen (secondary N) is 1. The van der Waals surface area contributed by atoms with Crippen LogP contribution in [0.25, 0.3) is 0 Å². The standard InChI is InChI=1S/C12H15NO7S/c1-6-8(11(15)16)4-3-5-9(6)21(19,20)13-10(7(2)14)12(17)18/h3-5,7,10,13-14H,1-2H3,(H,15,16)(H,17,18)/t7-,10-/m1/s1. The zero-order valence-electron chi connectivity index (χ0n) is 11.3. The summed E-state index contributed by atoms with van der Waals surface area (Å²) < 4.78 is 26.2. The minimum atomic E-state index is -4.29. The predicted octanol–water partition coefficient (Wildman–Crippen LogP) is -0.194. The van der Waals surface area contributed by atoms with Crippen molar-refractivity contribution in [3.05, 3.63) is 29.3 Å². The molecule has 0 saturated heterocycles. The van der Waals surface area contributed by atoms with Crippen molar-refractivity contribution in [2.45, 2.75) is 30.9 Å². The normalized spacial score (nSPS) is 14.4. The van der Waals surface area contributed by atoms with Gasteiger partial charge in [-0.05, 0) is 31.5 Å². The van der Waals surface area contributed by atoms with Gasteiger partial charge in [-0.25, -0.2) is 13.2 Å². The van der Waals surface area contributed by atoms with Crippen LogP contribution in [0.5, 0.6) is 0 Å². The van der Waals surface area contributed by atoms with Gasteiger partial charge < -0.3 is 15.3 Å². The topological polar surface area (TPSA) is 141 Å². The number of aliphatic hydroxyl groups is 1. The van der Waals surface area contributed by atoms with Crippen LogP contribution >= 0.6 is 0 Å². The SMILES string of the molecule is Cc1c(C(=O)O)cccc1S(=O)(=O)N[C@@H](C(=O)O)[C@@H](C)O. The van der Waals surface area contributed by atoms with Gasteiger partial charge in [0, 0.05) is 0 Å². The number of rotatable bonds is 6. The van der Waals surface area contributed by atoms with Crippen molar-refractivity contribution in [2.75, 3.05) is 0 Å². The maximum atomic E-state index is 12.2. The molecule has 0 aliphatic carbocycles. The molecule has 0 aliphatic rings. The molecule has 1 aromatic carbocycles. The highest BCUT2D eigenvalue weighted by Gasteiger charge is 2.30. The number of carbonyl (C=O) groups is 2. The van der Waals surface area contributed by atoms with E-state index in [1.54, 1.807) is 0 Å². The van der Waals surface area contributed by atoms with Crippen molar-refractivity contribution < 1.29 is 33.3 Å². The van der Waals surface area contributed by atoms with Gasteiger partial charge in [-0.15, -0.1) is 0 Å². The van der Waals surface area contributed by atoms with Crippen LogP contribution in [0.3, 0.4) is 0 Å². The molecule has 0 fully saturated rings. The molecule has 0 heterocycles. The first kappa shape index (κ1) is 17.1. The number of hydrogen-bond acceptors (Lipinski definition) is 5. The fourth-order valence-corrected chi connectivity index (χ4v) is 3.25. The third-order valence-corrected chi connectivity index (χ3v) is 4.42. The Morgan fingerprint density at radius 1 is 1.24 bits per heavy atom. The van der Waals surface area contributed by atoms with E-state index in [2.05, 4.69) is 0 Å². The smallest absolute Gasteiger partial charge is 0.335 e. The highest BCUT2D eigenvalue weighted by molar-refractivity contribution is 7.89. The maximum absolute atomic E-state index is 12.2. The number of sulfonamides is 1. The van der Waals surface area contributed by atoms with Crippen LogP contribution in [0.4, 0.5) is 0 Å². The number of benzene rings is 1. The predicted molar refractivity (Wildman–Crippen MR) is 71.6 cm³/mol. The van der Waals surface area contributed by atoms with Crippen LogP contribution in [0.2, 0.25) is 0 Å². The minimum absolute atomic E-state index is 0.0211. The van der Waals surface area contributed by atoms with Crippen molar-refractivity contribution >= 4 is 22.0 Å². The van der Waals surface area contributed by atoms with Gasteiger partial charge in [0.15, 0.2) is 0 Å². The van der Waals surface area contributed by atoms with Gasteiger partial charge in [0.2, 0.25) is 10.0 Å². The summed E-state index contributed by atoms with van der Waals surface area (Å²) in [5.41, 5.74) is -0.228. The van der Waals surface area contributed by atoms with E-state index < -0.39 is 34.1 Å². The molecule has 1 aromatic rings. The first-order valence-electron chi connectivity index (χ1n) is 5.84. The lowest BCUT2D eigenvalue weighted by molar-refractivity contribution is -0.141. The Kier molecular flexibility index (Phi) is 5.05. The van der Waals surface area contributed by atoms with Crippen LogP contribution in [-0.4, -0.2) is 47.8 Å². The molecule has 0 amide bonds. The van der Waals surface area contributed by atoms with Gasteiger partial charge in [0.1, 0.15) is 6.04 Å². The molecule has 0 unspecified atom stereocenters. The van der Waals surface area contributed by atoms with Gasteiger partial charge in [-0.3, -0.25) is 4.79 Å². The van der Waals surface area contributed by atoms with E-state index in [0.717, 1.165) is 13.0 Å². The fourth-order valence-electron chi connectivity index (χ4n) is 1.72. The van der Waals surface area contributed by atoms with Gasteiger partial charge >= 0.3 is 11.9 Å². The Hall–Kier alpha value is -1.97. The van der Waals surface area contributed by atoms with Crippen molar-refractivity contribution in [3.63, 3.8) is 0 Å². The number of aliphatic carboxylic acids is 1. The van der Waals surface area contributed by atoms with Crippen LogP contribution in [-0.2, 0) is 14.8 Å². The largest absolute Gasteiger partial charge is 0.480 e. The second kappa shape index (κ2) is 6.20. The van der Waals surface area contributed by atoms with Crippen LogP contribution < -0.4 is 4.72 Å². The van der Waals surface area contributed by atoms with E-state index in [0.29, 0.717) is 0 Å². The molecular weight excluding hydrogens is 302 g/mol. The molecule has 21 heavy (non-hydrogen) atoms. The summed E-state index contributed by atoms with van der Waals surface area (Å²) in [5.74, 6) is -2.84. The quantitative estimate of drug-likeness (QED) is 0.569. The highest BCUT2D eigenvalue weighted by atomic mass is 32.2. The molecule has 8 nitrogen and oxygen atoms in total. The third kappa shape index (κ3) is 3.78. The zero-order chi connectivity index (χ0) is 16.4. The van der Waals surface area contributed by atoms with E-state index in [1.165, 1.54) is 19.1 Å². The van der Waals surface area contributed by atoms with E-state index in [-0.39, 0.29) is 16.0 Å². The molecule has 0 spiro atoms. The molecule has 0 aromatic heterocycles. The lowest BCUT2D eigenvalue weighted by Crippen LogP contribution is -2.47. The van der Waals surface area contributed by atoms with Gasteiger partial charge in [0.05, 0.1) is 16.6 Å².